The van der Waals surface area contributed by atoms with Crippen LogP contribution >= 0.6 is 0 Å². The highest BCUT2D eigenvalue weighted by atomic mass is 16.5. The molecule has 0 aromatic carbocycles. The average molecular weight is 305 g/mol. The molecule has 0 spiro atoms. The molecule has 1 fully saturated rings. The van der Waals surface area contributed by atoms with Crippen LogP contribution in [0, 0.1) is 6.92 Å². The van der Waals surface area contributed by atoms with E-state index in [1.165, 1.54) is 0 Å². The quantitative estimate of drug-likeness (QED) is 0.943. The SMILES string of the molecule is CCc1ccc([C@H]2COCCN2C(=O)Nc2cc(C)on2)o1. The standard InChI is InChI=1S/C15H19N3O4/c1-3-11-4-5-13(21-11)12-9-20-7-6-18(12)15(19)16-14-8-10(2)22-17-14/h4-5,8,12H,3,6-7,9H2,1-2H3,(H,16,17,19)/t12-/m1/s1. The first kappa shape index (κ1) is 14.6. The number of urea groups is 1. The highest BCUT2D eigenvalue weighted by Gasteiger charge is 2.31. The third-order valence-corrected chi connectivity index (χ3v) is 3.61. The van der Waals surface area contributed by atoms with E-state index in [9.17, 15) is 4.79 Å². The molecule has 2 amide bonds. The molecule has 1 aliphatic rings. The number of anilines is 1. The van der Waals surface area contributed by atoms with Crippen molar-refractivity contribution in [3.63, 3.8) is 0 Å². The first-order valence-corrected chi connectivity index (χ1v) is 7.34. The van der Waals surface area contributed by atoms with Gasteiger partial charge in [-0.15, -0.1) is 0 Å². The lowest BCUT2D eigenvalue weighted by molar-refractivity contribution is 0.00699. The van der Waals surface area contributed by atoms with E-state index >= 15 is 0 Å². The van der Waals surface area contributed by atoms with E-state index in [-0.39, 0.29) is 12.1 Å². The van der Waals surface area contributed by atoms with Crippen LogP contribution in [0.4, 0.5) is 10.6 Å². The molecular weight excluding hydrogens is 286 g/mol. The lowest BCUT2D eigenvalue weighted by atomic mass is 10.2. The number of hydrogen-bond acceptors (Lipinski definition) is 5. The second kappa shape index (κ2) is 6.23. The van der Waals surface area contributed by atoms with Gasteiger partial charge in [0, 0.05) is 19.0 Å². The van der Waals surface area contributed by atoms with Gasteiger partial charge in [0.05, 0.1) is 13.2 Å². The maximum Gasteiger partial charge on any atom is 0.323 e. The summed E-state index contributed by atoms with van der Waals surface area (Å²) in [6.45, 7) is 5.22. The van der Waals surface area contributed by atoms with E-state index in [1.807, 2.05) is 19.1 Å². The van der Waals surface area contributed by atoms with Crippen LogP contribution in [0.5, 0.6) is 0 Å². The lowest BCUT2D eigenvalue weighted by Crippen LogP contribution is -2.45. The lowest BCUT2D eigenvalue weighted by Gasteiger charge is -2.34. The zero-order valence-corrected chi connectivity index (χ0v) is 12.7. The molecule has 3 heterocycles. The Morgan fingerprint density at radius 1 is 1.50 bits per heavy atom. The van der Waals surface area contributed by atoms with Gasteiger partial charge in [-0.3, -0.25) is 5.32 Å². The van der Waals surface area contributed by atoms with Crippen molar-refractivity contribution in [3.8, 4) is 0 Å². The molecule has 0 unspecified atom stereocenters. The fourth-order valence-electron chi connectivity index (χ4n) is 2.45. The van der Waals surface area contributed by atoms with E-state index in [0.29, 0.717) is 31.3 Å². The number of nitrogens with one attached hydrogen (secondary N) is 1. The van der Waals surface area contributed by atoms with E-state index in [2.05, 4.69) is 10.5 Å². The molecule has 7 nitrogen and oxygen atoms in total. The molecule has 0 saturated carbocycles. The van der Waals surface area contributed by atoms with Crippen molar-refractivity contribution in [1.82, 2.24) is 10.1 Å². The third kappa shape index (κ3) is 2.99. The number of carbonyl (C=O) groups excluding carboxylic acids is 1. The molecule has 3 rings (SSSR count). The zero-order chi connectivity index (χ0) is 15.5. The van der Waals surface area contributed by atoms with Crippen LogP contribution in [-0.2, 0) is 11.2 Å². The number of nitrogens with zero attached hydrogens (tertiary/aromatic N) is 2. The van der Waals surface area contributed by atoms with E-state index in [1.54, 1.807) is 17.9 Å². The van der Waals surface area contributed by atoms with E-state index < -0.39 is 0 Å². The summed E-state index contributed by atoms with van der Waals surface area (Å²) in [5.74, 6) is 2.69. The Kier molecular flexibility index (Phi) is 4.15. The minimum Gasteiger partial charge on any atom is -0.464 e. The van der Waals surface area contributed by atoms with Gasteiger partial charge >= 0.3 is 6.03 Å². The number of hydrogen-bond donors (Lipinski definition) is 1. The number of aryl methyl sites for hydroxylation is 2. The number of ether oxygens (including phenoxy) is 1. The molecule has 2 aromatic rings. The zero-order valence-electron chi connectivity index (χ0n) is 12.7. The minimum absolute atomic E-state index is 0.234. The van der Waals surface area contributed by atoms with Gasteiger partial charge in [-0.2, -0.15) is 0 Å². The minimum atomic E-state index is -0.240. The molecule has 1 saturated heterocycles. The summed E-state index contributed by atoms with van der Waals surface area (Å²) in [7, 11) is 0. The van der Waals surface area contributed by atoms with Gasteiger partial charge in [-0.1, -0.05) is 12.1 Å². The van der Waals surface area contributed by atoms with Crippen molar-refractivity contribution >= 4 is 11.8 Å². The van der Waals surface area contributed by atoms with E-state index in [4.69, 9.17) is 13.7 Å². The van der Waals surface area contributed by atoms with Crippen LogP contribution in [0.2, 0.25) is 0 Å². The van der Waals surface area contributed by atoms with Crippen LogP contribution in [0.1, 0.15) is 30.2 Å². The summed E-state index contributed by atoms with van der Waals surface area (Å²) in [5.41, 5.74) is 0. The normalized spacial score (nSPS) is 18.5. The van der Waals surface area contributed by atoms with Gasteiger partial charge < -0.3 is 18.6 Å². The molecule has 1 aliphatic heterocycles. The Labute approximate surface area is 128 Å². The predicted octanol–water partition coefficient (Wildman–Crippen LogP) is 2.74. The van der Waals surface area contributed by atoms with Crippen molar-refractivity contribution in [2.45, 2.75) is 26.3 Å². The molecule has 118 valence electrons. The van der Waals surface area contributed by atoms with Gasteiger partial charge in [-0.25, -0.2) is 4.79 Å². The summed E-state index contributed by atoms with van der Waals surface area (Å²) in [6.07, 6.45) is 0.817. The van der Waals surface area contributed by atoms with Crippen LogP contribution in [0.3, 0.4) is 0 Å². The number of carbonyl (C=O) groups is 1. The first-order chi connectivity index (χ1) is 10.7. The molecule has 22 heavy (non-hydrogen) atoms. The number of amides is 2. The molecule has 1 N–H and O–H groups in total. The molecule has 0 bridgehead atoms. The van der Waals surface area contributed by atoms with Crippen molar-refractivity contribution in [1.29, 1.82) is 0 Å². The molecule has 0 aliphatic carbocycles. The average Bonchev–Trinajstić information content (AvgIpc) is 3.16. The van der Waals surface area contributed by atoms with Gasteiger partial charge in [0.15, 0.2) is 5.82 Å². The largest absolute Gasteiger partial charge is 0.464 e. The Morgan fingerprint density at radius 3 is 3.05 bits per heavy atom. The summed E-state index contributed by atoms with van der Waals surface area (Å²) in [6, 6.07) is 5.04. The fourth-order valence-corrected chi connectivity index (χ4v) is 2.45. The number of furan rings is 1. The molecule has 0 radical (unpaired) electrons. The summed E-state index contributed by atoms with van der Waals surface area (Å²) >= 11 is 0. The van der Waals surface area contributed by atoms with Crippen molar-refractivity contribution in [2.24, 2.45) is 0 Å². The second-order valence-electron chi connectivity index (χ2n) is 5.19. The smallest absolute Gasteiger partial charge is 0.323 e. The summed E-state index contributed by atoms with van der Waals surface area (Å²) < 4.78 is 16.2. The second-order valence-corrected chi connectivity index (χ2v) is 5.19. The molecule has 1 atom stereocenters. The Hall–Kier alpha value is -2.28. The number of rotatable bonds is 3. The van der Waals surface area contributed by atoms with Crippen molar-refractivity contribution in [2.75, 3.05) is 25.1 Å². The third-order valence-electron chi connectivity index (χ3n) is 3.61. The highest BCUT2D eigenvalue weighted by molar-refractivity contribution is 5.88. The molecule has 7 heteroatoms. The van der Waals surface area contributed by atoms with Crippen LogP contribution in [0.25, 0.3) is 0 Å². The van der Waals surface area contributed by atoms with Crippen molar-refractivity contribution < 1.29 is 18.5 Å². The Morgan fingerprint density at radius 2 is 2.36 bits per heavy atom. The predicted molar refractivity (Wildman–Crippen MR) is 78.6 cm³/mol. The van der Waals surface area contributed by atoms with Crippen molar-refractivity contribution in [3.05, 3.63) is 35.5 Å². The van der Waals surface area contributed by atoms with Gasteiger partial charge in [0.25, 0.3) is 0 Å². The monoisotopic (exact) mass is 305 g/mol. The van der Waals surface area contributed by atoms with Crippen LogP contribution in [-0.4, -0.2) is 35.8 Å². The van der Waals surface area contributed by atoms with E-state index in [0.717, 1.165) is 17.9 Å². The number of morpholine rings is 1. The first-order valence-electron chi connectivity index (χ1n) is 7.34. The maximum absolute atomic E-state index is 12.5. The topological polar surface area (TPSA) is 80.7 Å². The fraction of sp³-hybridized carbons (Fsp3) is 0.467. The molecular formula is C15H19N3O4. The molecule has 2 aromatic heterocycles. The van der Waals surface area contributed by atoms with Crippen LogP contribution < -0.4 is 5.32 Å². The van der Waals surface area contributed by atoms with Gasteiger partial charge in [-0.05, 0) is 19.1 Å². The van der Waals surface area contributed by atoms with Crippen LogP contribution in [0.15, 0.2) is 27.1 Å². The van der Waals surface area contributed by atoms with Gasteiger partial charge in [0.1, 0.15) is 23.3 Å². The Bertz CT molecular complexity index is 649. The number of aromatic nitrogens is 1. The highest BCUT2D eigenvalue weighted by Crippen LogP contribution is 2.27. The summed E-state index contributed by atoms with van der Waals surface area (Å²) in [4.78, 5) is 14.2. The summed E-state index contributed by atoms with van der Waals surface area (Å²) in [5, 5.41) is 6.52. The van der Waals surface area contributed by atoms with Gasteiger partial charge in [0.2, 0.25) is 0 Å². The maximum atomic E-state index is 12.5. The Balaban J connectivity index is 1.75.